The molecule has 16 heavy (non-hydrogen) atoms. The molecular weight excluding hydrogens is 243 g/mol. The summed E-state index contributed by atoms with van der Waals surface area (Å²) in [5.41, 5.74) is 1.11. The molecule has 0 unspecified atom stereocenters. The van der Waals surface area contributed by atoms with Gasteiger partial charge >= 0.3 is 0 Å². The Bertz CT molecular complexity index is 368. The minimum absolute atomic E-state index is 0.545. The van der Waals surface area contributed by atoms with Crippen LogP contribution in [-0.2, 0) is 6.54 Å². The molecule has 1 N–H and O–H groups in total. The highest BCUT2D eigenvalue weighted by Gasteiger charge is 2.18. The summed E-state index contributed by atoms with van der Waals surface area (Å²) in [7, 11) is 0. The van der Waals surface area contributed by atoms with E-state index in [2.05, 4.69) is 17.1 Å². The predicted octanol–water partition coefficient (Wildman–Crippen LogP) is 2.79. The van der Waals surface area contributed by atoms with E-state index in [0.29, 0.717) is 16.1 Å². The Morgan fingerprint density at radius 3 is 3.00 bits per heavy atom. The van der Waals surface area contributed by atoms with Gasteiger partial charge in [-0.05, 0) is 18.6 Å². The number of halogens is 2. The maximum Gasteiger partial charge on any atom is 0.0637 e. The number of hydrogen-bond acceptors (Lipinski definition) is 2. The number of nitrogens with zero attached hydrogens (tertiary/aromatic N) is 1. The first kappa shape index (κ1) is 12.2. The van der Waals surface area contributed by atoms with Gasteiger partial charge in [-0.2, -0.15) is 0 Å². The lowest BCUT2D eigenvalue weighted by Crippen LogP contribution is -2.49. The van der Waals surface area contributed by atoms with E-state index in [1.165, 1.54) is 0 Å². The predicted molar refractivity (Wildman–Crippen MR) is 69.2 cm³/mol. The van der Waals surface area contributed by atoms with Crippen molar-refractivity contribution in [2.75, 3.05) is 19.6 Å². The van der Waals surface area contributed by atoms with Crippen LogP contribution in [0.15, 0.2) is 18.2 Å². The summed E-state index contributed by atoms with van der Waals surface area (Å²) < 4.78 is 0. The van der Waals surface area contributed by atoms with Gasteiger partial charge in [0.05, 0.1) is 10.0 Å². The van der Waals surface area contributed by atoms with E-state index in [0.717, 1.165) is 31.7 Å². The van der Waals surface area contributed by atoms with Crippen molar-refractivity contribution in [3.8, 4) is 0 Å². The van der Waals surface area contributed by atoms with Crippen molar-refractivity contribution >= 4 is 23.2 Å². The van der Waals surface area contributed by atoms with Crippen LogP contribution in [0.25, 0.3) is 0 Å². The molecule has 4 heteroatoms. The SMILES string of the molecule is C[C@H]1CNCCN1Cc1cccc(Cl)c1Cl. The van der Waals surface area contributed by atoms with Gasteiger partial charge in [0.15, 0.2) is 0 Å². The number of benzene rings is 1. The van der Waals surface area contributed by atoms with E-state index in [9.17, 15) is 0 Å². The van der Waals surface area contributed by atoms with E-state index in [1.807, 2.05) is 18.2 Å². The molecule has 0 aromatic heterocycles. The van der Waals surface area contributed by atoms with Gasteiger partial charge in [-0.1, -0.05) is 35.3 Å². The Labute approximate surface area is 107 Å². The molecule has 88 valence electrons. The summed E-state index contributed by atoms with van der Waals surface area (Å²) in [5.74, 6) is 0. The van der Waals surface area contributed by atoms with Crippen molar-refractivity contribution in [1.29, 1.82) is 0 Å². The number of piperazine rings is 1. The second-order valence-corrected chi connectivity index (χ2v) is 5.02. The summed E-state index contributed by atoms with van der Waals surface area (Å²) >= 11 is 12.2. The van der Waals surface area contributed by atoms with E-state index < -0.39 is 0 Å². The molecule has 0 bridgehead atoms. The molecule has 0 aliphatic carbocycles. The summed E-state index contributed by atoms with van der Waals surface area (Å²) in [4.78, 5) is 2.42. The molecule has 0 saturated carbocycles. The Morgan fingerprint density at radius 1 is 1.44 bits per heavy atom. The van der Waals surface area contributed by atoms with Crippen LogP contribution in [0.4, 0.5) is 0 Å². The smallest absolute Gasteiger partial charge is 0.0637 e. The third-order valence-corrected chi connectivity index (χ3v) is 3.90. The standard InChI is InChI=1S/C12H16Cl2N2/c1-9-7-15-5-6-16(9)8-10-3-2-4-11(13)12(10)14/h2-4,9,15H,5-8H2,1H3/t9-/m0/s1. The molecule has 1 aliphatic rings. The molecule has 0 spiro atoms. The fourth-order valence-electron chi connectivity index (χ4n) is 2.01. The van der Waals surface area contributed by atoms with Crippen molar-refractivity contribution in [3.63, 3.8) is 0 Å². The molecule has 1 aromatic carbocycles. The van der Waals surface area contributed by atoms with Crippen molar-refractivity contribution in [2.24, 2.45) is 0 Å². The van der Waals surface area contributed by atoms with Gasteiger partial charge in [0.1, 0.15) is 0 Å². The van der Waals surface area contributed by atoms with Gasteiger partial charge in [0.25, 0.3) is 0 Å². The largest absolute Gasteiger partial charge is 0.314 e. The van der Waals surface area contributed by atoms with Crippen LogP contribution in [0.2, 0.25) is 10.0 Å². The lowest BCUT2D eigenvalue weighted by atomic mass is 10.1. The molecule has 2 rings (SSSR count). The zero-order valence-corrected chi connectivity index (χ0v) is 10.9. The zero-order chi connectivity index (χ0) is 11.5. The van der Waals surface area contributed by atoms with Gasteiger partial charge in [0, 0.05) is 32.2 Å². The van der Waals surface area contributed by atoms with Crippen LogP contribution >= 0.6 is 23.2 Å². The monoisotopic (exact) mass is 258 g/mol. The second kappa shape index (κ2) is 5.37. The molecule has 2 nitrogen and oxygen atoms in total. The Hall–Kier alpha value is -0.280. The van der Waals surface area contributed by atoms with E-state index in [1.54, 1.807) is 0 Å². The van der Waals surface area contributed by atoms with Crippen molar-refractivity contribution < 1.29 is 0 Å². The quantitative estimate of drug-likeness (QED) is 0.878. The lowest BCUT2D eigenvalue weighted by molar-refractivity contribution is 0.165. The van der Waals surface area contributed by atoms with Gasteiger partial charge in [0.2, 0.25) is 0 Å². The topological polar surface area (TPSA) is 15.3 Å². The fraction of sp³-hybridized carbons (Fsp3) is 0.500. The Balaban J connectivity index is 2.10. The van der Waals surface area contributed by atoms with Crippen LogP contribution in [0.1, 0.15) is 12.5 Å². The molecule has 0 amide bonds. The van der Waals surface area contributed by atoms with E-state index in [4.69, 9.17) is 23.2 Å². The first-order valence-corrected chi connectivity index (χ1v) is 6.31. The second-order valence-electron chi connectivity index (χ2n) is 4.24. The van der Waals surface area contributed by atoms with Crippen LogP contribution in [0, 0.1) is 0 Å². The summed E-state index contributed by atoms with van der Waals surface area (Å²) in [5, 5.41) is 4.71. The maximum atomic E-state index is 6.19. The lowest BCUT2D eigenvalue weighted by Gasteiger charge is -2.34. The maximum absolute atomic E-state index is 6.19. The summed E-state index contributed by atoms with van der Waals surface area (Å²) in [6.07, 6.45) is 0. The Morgan fingerprint density at radius 2 is 2.25 bits per heavy atom. The van der Waals surface area contributed by atoms with Gasteiger partial charge in [-0.15, -0.1) is 0 Å². The molecule has 1 heterocycles. The first-order valence-electron chi connectivity index (χ1n) is 5.56. The van der Waals surface area contributed by atoms with Crippen LogP contribution in [-0.4, -0.2) is 30.6 Å². The molecule has 1 aliphatic heterocycles. The normalized spacial score (nSPS) is 22.3. The average molecular weight is 259 g/mol. The van der Waals surface area contributed by atoms with E-state index >= 15 is 0 Å². The average Bonchev–Trinajstić information content (AvgIpc) is 2.28. The van der Waals surface area contributed by atoms with Crippen LogP contribution in [0.3, 0.4) is 0 Å². The van der Waals surface area contributed by atoms with Crippen molar-refractivity contribution in [3.05, 3.63) is 33.8 Å². The number of nitrogens with one attached hydrogen (secondary N) is 1. The number of hydrogen-bond donors (Lipinski definition) is 1. The summed E-state index contributed by atoms with van der Waals surface area (Å²) in [6, 6.07) is 6.37. The molecular formula is C12H16Cl2N2. The molecule has 0 radical (unpaired) electrons. The van der Waals surface area contributed by atoms with Gasteiger partial charge < -0.3 is 5.32 Å². The van der Waals surface area contributed by atoms with E-state index in [-0.39, 0.29) is 0 Å². The first-order chi connectivity index (χ1) is 7.68. The third-order valence-electron chi connectivity index (χ3n) is 3.04. The molecule has 1 fully saturated rings. The fourth-order valence-corrected chi connectivity index (χ4v) is 2.39. The molecule has 1 aromatic rings. The van der Waals surface area contributed by atoms with Gasteiger partial charge in [-0.3, -0.25) is 4.90 Å². The van der Waals surface area contributed by atoms with Crippen LogP contribution in [0.5, 0.6) is 0 Å². The highest BCUT2D eigenvalue weighted by Crippen LogP contribution is 2.27. The van der Waals surface area contributed by atoms with Crippen molar-refractivity contribution in [1.82, 2.24) is 10.2 Å². The highest BCUT2D eigenvalue weighted by molar-refractivity contribution is 6.42. The minimum atomic E-state index is 0.545. The minimum Gasteiger partial charge on any atom is -0.314 e. The number of rotatable bonds is 2. The third kappa shape index (κ3) is 2.69. The molecule has 1 saturated heterocycles. The Kier molecular flexibility index (Phi) is 4.09. The van der Waals surface area contributed by atoms with Crippen LogP contribution < -0.4 is 5.32 Å². The van der Waals surface area contributed by atoms with Crippen molar-refractivity contribution in [2.45, 2.75) is 19.5 Å². The van der Waals surface area contributed by atoms with Gasteiger partial charge in [-0.25, -0.2) is 0 Å². The highest BCUT2D eigenvalue weighted by atomic mass is 35.5. The summed E-state index contributed by atoms with van der Waals surface area (Å²) in [6.45, 7) is 6.25. The molecule has 1 atom stereocenters. The zero-order valence-electron chi connectivity index (χ0n) is 9.34.